The predicted octanol–water partition coefficient (Wildman–Crippen LogP) is -0.371. The van der Waals surface area contributed by atoms with Gasteiger partial charge < -0.3 is 21.9 Å². The molecule has 0 bridgehead atoms. The van der Waals surface area contributed by atoms with E-state index in [1.54, 1.807) is 6.92 Å². The van der Waals surface area contributed by atoms with Crippen molar-refractivity contribution in [2.75, 3.05) is 6.54 Å². The van der Waals surface area contributed by atoms with Crippen molar-refractivity contribution in [2.45, 2.75) is 19.9 Å². The van der Waals surface area contributed by atoms with E-state index in [0.29, 0.717) is 12.2 Å². The maximum atomic E-state index is 9.05. The van der Waals surface area contributed by atoms with E-state index in [1.165, 1.54) is 0 Å². The highest BCUT2D eigenvalue weighted by Crippen LogP contribution is 1.93. The van der Waals surface area contributed by atoms with Gasteiger partial charge in [0, 0.05) is 12.6 Å². The van der Waals surface area contributed by atoms with Gasteiger partial charge in [0.1, 0.15) is 0 Å². The second-order valence-electron chi connectivity index (χ2n) is 2.12. The smallest absolute Gasteiger partial charge is 0.205 e. The lowest BCUT2D eigenvalue weighted by molar-refractivity contribution is 0.355. The van der Waals surface area contributed by atoms with Gasteiger partial charge in [-0.2, -0.15) is 0 Å². The summed E-state index contributed by atoms with van der Waals surface area (Å²) in [4.78, 5) is 0. The fourth-order valence-electron chi connectivity index (χ4n) is 0.485. The minimum atomic E-state index is -0.306. The molecular weight excluding hydrogens is 130 g/mol. The molecule has 1 unspecified atom stereocenters. The van der Waals surface area contributed by atoms with Crippen LogP contribution in [-0.4, -0.2) is 17.7 Å². The minimum Gasteiger partial charge on any atom is -0.494 e. The van der Waals surface area contributed by atoms with Crippen LogP contribution in [0.1, 0.15) is 13.8 Å². The van der Waals surface area contributed by atoms with Crippen molar-refractivity contribution >= 4 is 0 Å². The summed E-state index contributed by atoms with van der Waals surface area (Å²) in [6, 6.07) is -0.306. The maximum Gasteiger partial charge on any atom is 0.205 e. The molecule has 4 heteroatoms. The summed E-state index contributed by atoms with van der Waals surface area (Å²) in [7, 11) is 0. The topological polar surface area (TPSA) is 84.3 Å². The Kier molecular flexibility index (Phi) is 3.64. The molecule has 0 aliphatic heterocycles. The summed E-state index contributed by atoms with van der Waals surface area (Å²) < 4.78 is 0. The van der Waals surface area contributed by atoms with Crippen LogP contribution in [0.25, 0.3) is 0 Å². The van der Waals surface area contributed by atoms with Gasteiger partial charge in [0.15, 0.2) is 0 Å². The zero-order valence-corrected chi connectivity index (χ0v) is 6.39. The van der Waals surface area contributed by atoms with Gasteiger partial charge in [-0.25, -0.2) is 0 Å². The first kappa shape index (κ1) is 9.10. The Bertz CT molecular complexity index is 131. The lowest BCUT2D eigenvalue weighted by Crippen LogP contribution is -2.29. The molecule has 0 spiro atoms. The Balaban J connectivity index is 4.05. The van der Waals surface area contributed by atoms with Crippen molar-refractivity contribution < 1.29 is 5.11 Å². The highest BCUT2D eigenvalue weighted by atomic mass is 16.3. The number of hydrogen-bond donors (Lipinski definition) is 4. The molecule has 4 nitrogen and oxygen atoms in total. The van der Waals surface area contributed by atoms with E-state index in [4.69, 9.17) is 16.6 Å². The third-order valence-corrected chi connectivity index (χ3v) is 1.11. The van der Waals surface area contributed by atoms with E-state index in [1.807, 2.05) is 6.92 Å². The highest BCUT2D eigenvalue weighted by Gasteiger charge is 2.03. The standard InChI is InChI=1S/C6H15N3O/c1-3-9-6(10)5(8)4(2)7/h4,9-10H,3,7-8H2,1-2H3/b6-5-. The van der Waals surface area contributed by atoms with Crippen molar-refractivity contribution in [3.8, 4) is 0 Å². The molecule has 0 aromatic rings. The van der Waals surface area contributed by atoms with Gasteiger partial charge in [0.2, 0.25) is 5.88 Å². The fourth-order valence-corrected chi connectivity index (χ4v) is 0.485. The lowest BCUT2D eigenvalue weighted by Gasteiger charge is -2.09. The predicted molar refractivity (Wildman–Crippen MR) is 41.2 cm³/mol. The minimum absolute atomic E-state index is 0.0162. The van der Waals surface area contributed by atoms with Gasteiger partial charge in [-0.3, -0.25) is 0 Å². The number of aliphatic hydroxyl groups is 1. The lowest BCUT2D eigenvalue weighted by atomic mass is 10.3. The molecule has 0 saturated carbocycles. The number of nitrogens with two attached hydrogens (primary N) is 2. The second-order valence-corrected chi connectivity index (χ2v) is 2.12. The molecule has 0 aliphatic rings. The fraction of sp³-hybridized carbons (Fsp3) is 0.667. The highest BCUT2D eigenvalue weighted by molar-refractivity contribution is 5.07. The summed E-state index contributed by atoms with van der Waals surface area (Å²) in [6.45, 7) is 4.22. The molecular formula is C6H15N3O. The van der Waals surface area contributed by atoms with Gasteiger partial charge in [0.05, 0.1) is 5.70 Å². The summed E-state index contributed by atoms with van der Waals surface area (Å²) in [5.74, 6) is -0.0162. The van der Waals surface area contributed by atoms with Crippen LogP contribution in [0.4, 0.5) is 0 Å². The summed E-state index contributed by atoms with van der Waals surface area (Å²) in [6.07, 6.45) is 0. The van der Waals surface area contributed by atoms with Crippen molar-refractivity contribution in [1.82, 2.24) is 5.32 Å². The van der Waals surface area contributed by atoms with Crippen LogP contribution in [0, 0.1) is 0 Å². The van der Waals surface area contributed by atoms with E-state index >= 15 is 0 Å². The molecule has 60 valence electrons. The zero-order chi connectivity index (χ0) is 8.15. The summed E-state index contributed by atoms with van der Waals surface area (Å²) in [5.41, 5.74) is 11.1. The second kappa shape index (κ2) is 4.00. The largest absolute Gasteiger partial charge is 0.494 e. The molecule has 0 rings (SSSR count). The number of nitrogens with one attached hydrogen (secondary N) is 1. The van der Waals surface area contributed by atoms with E-state index in [9.17, 15) is 0 Å². The van der Waals surface area contributed by atoms with E-state index in [0.717, 1.165) is 0 Å². The van der Waals surface area contributed by atoms with Crippen LogP contribution in [0.3, 0.4) is 0 Å². The Morgan fingerprint density at radius 3 is 2.50 bits per heavy atom. The molecule has 0 fully saturated rings. The van der Waals surface area contributed by atoms with Gasteiger partial charge in [-0.15, -0.1) is 0 Å². The van der Waals surface area contributed by atoms with Crippen molar-refractivity contribution in [3.63, 3.8) is 0 Å². The first-order chi connectivity index (χ1) is 4.59. The monoisotopic (exact) mass is 145 g/mol. The van der Waals surface area contributed by atoms with Crippen molar-refractivity contribution in [1.29, 1.82) is 0 Å². The SMILES string of the molecule is CCN/C(O)=C(/N)C(C)N. The molecule has 0 saturated heterocycles. The van der Waals surface area contributed by atoms with E-state index in [2.05, 4.69) is 5.32 Å². The molecule has 0 aromatic carbocycles. The Hall–Kier alpha value is -0.900. The van der Waals surface area contributed by atoms with Crippen LogP contribution >= 0.6 is 0 Å². The van der Waals surface area contributed by atoms with E-state index in [-0.39, 0.29) is 11.9 Å². The van der Waals surface area contributed by atoms with Crippen LogP contribution in [0.2, 0.25) is 0 Å². The normalized spacial score (nSPS) is 15.9. The Labute approximate surface area is 60.9 Å². The number of aliphatic hydroxyl groups excluding tert-OH is 1. The molecule has 1 atom stereocenters. The molecule has 0 radical (unpaired) electrons. The summed E-state index contributed by atoms with van der Waals surface area (Å²) >= 11 is 0. The third-order valence-electron chi connectivity index (χ3n) is 1.11. The molecule has 6 N–H and O–H groups in total. The van der Waals surface area contributed by atoms with Crippen LogP contribution < -0.4 is 16.8 Å². The number of rotatable bonds is 3. The van der Waals surface area contributed by atoms with Gasteiger partial charge in [-0.05, 0) is 13.8 Å². The average Bonchev–Trinajstić information content (AvgIpc) is 1.87. The average molecular weight is 145 g/mol. The Morgan fingerprint density at radius 1 is 1.70 bits per heavy atom. The van der Waals surface area contributed by atoms with Crippen molar-refractivity contribution in [3.05, 3.63) is 11.6 Å². The van der Waals surface area contributed by atoms with Crippen molar-refractivity contribution in [2.24, 2.45) is 11.5 Å². The van der Waals surface area contributed by atoms with Gasteiger partial charge >= 0.3 is 0 Å². The maximum absolute atomic E-state index is 9.05. The van der Waals surface area contributed by atoms with Crippen LogP contribution in [-0.2, 0) is 0 Å². The number of hydrogen-bond acceptors (Lipinski definition) is 4. The van der Waals surface area contributed by atoms with Gasteiger partial charge in [-0.1, -0.05) is 0 Å². The molecule has 0 aliphatic carbocycles. The molecule has 0 heterocycles. The molecule has 0 aromatic heterocycles. The Morgan fingerprint density at radius 2 is 2.20 bits per heavy atom. The van der Waals surface area contributed by atoms with Crippen LogP contribution in [0.5, 0.6) is 0 Å². The first-order valence-corrected chi connectivity index (χ1v) is 3.27. The quantitative estimate of drug-likeness (QED) is 0.408. The first-order valence-electron chi connectivity index (χ1n) is 3.27. The van der Waals surface area contributed by atoms with E-state index < -0.39 is 0 Å². The molecule has 10 heavy (non-hydrogen) atoms. The third kappa shape index (κ3) is 2.59. The summed E-state index contributed by atoms with van der Waals surface area (Å²) in [5, 5.41) is 11.7. The molecule has 0 amide bonds. The van der Waals surface area contributed by atoms with Crippen LogP contribution in [0.15, 0.2) is 11.6 Å². The van der Waals surface area contributed by atoms with Gasteiger partial charge in [0.25, 0.3) is 0 Å². The zero-order valence-electron chi connectivity index (χ0n) is 6.39.